The van der Waals surface area contributed by atoms with E-state index in [-0.39, 0.29) is 19.3 Å². The first-order valence-electron chi connectivity index (χ1n) is 35.2. The highest BCUT2D eigenvalue weighted by molar-refractivity contribution is 7.47. The van der Waals surface area contributed by atoms with Crippen molar-refractivity contribution >= 4 is 33.6 Å². The molecule has 0 aromatic rings. The Labute approximate surface area is 551 Å². The van der Waals surface area contributed by atoms with Gasteiger partial charge in [-0.3, -0.25) is 32.5 Å². The molecule has 18 heteroatoms. The van der Waals surface area contributed by atoms with Crippen LogP contribution in [-0.4, -0.2) is 95.9 Å². The number of carbonyl (C=O) groups is 3. The highest BCUT2D eigenvalue weighted by Gasteiger charge is 2.29. The second-order valence-corrected chi connectivity index (χ2v) is 26.2. The van der Waals surface area contributed by atoms with Crippen LogP contribution in [0.4, 0.5) is 0 Å². The minimum absolute atomic E-state index is 0.0910. The number of rotatable bonds is 66. The lowest BCUT2D eigenvalue weighted by atomic mass is 10.1. The van der Waals surface area contributed by atoms with Gasteiger partial charge in [-0.05, 0) is 128 Å². The summed E-state index contributed by atoms with van der Waals surface area (Å²) in [7, 11) is -9.79. The van der Waals surface area contributed by atoms with Gasteiger partial charge in [0, 0.05) is 19.3 Å². The maximum atomic E-state index is 12.9. The molecule has 5 atom stereocenters. The van der Waals surface area contributed by atoms with E-state index in [0.717, 1.165) is 161 Å². The standard InChI is InChI=1S/C73H126O16P2/c1-4-7-10-13-16-19-22-25-28-29-30-31-32-33-34-35-36-37-40-42-44-47-50-53-56-59-71(76)83-62-68(74)63-85-90(79,80)86-64-69(75)65-87-91(81,82)88-67-70(89-73(78)61-58-55-52-49-46-43-39-27-24-21-18-15-12-9-6-3)66-84-72(77)60-57-54-51-48-45-41-38-26-23-20-17-14-11-8-5-2/h7,10,16-17,19-20,25-28,30-31,33-34,36-39,68-70,74-75H,4-6,8-9,11-15,18,21-24,29,32,35,40-67H2,1-3H3,(H,79,80)(H,81,82)/b10-7-,19-16-,20-17-,28-25-,31-30-,34-33-,37-36-,38-26-,39-27-. The van der Waals surface area contributed by atoms with Crippen LogP contribution in [0.25, 0.3) is 0 Å². The number of unbranched alkanes of at least 4 members (excludes halogenated alkanes) is 25. The van der Waals surface area contributed by atoms with Crippen molar-refractivity contribution in [2.24, 2.45) is 0 Å². The van der Waals surface area contributed by atoms with Crippen molar-refractivity contribution in [3.05, 3.63) is 109 Å². The van der Waals surface area contributed by atoms with E-state index in [1.807, 2.05) is 0 Å². The quantitative estimate of drug-likeness (QED) is 0.0146. The van der Waals surface area contributed by atoms with Gasteiger partial charge in [-0.1, -0.05) is 239 Å². The third-order valence-electron chi connectivity index (χ3n) is 14.5. The van der Waals surface area contributed by atoms with Crippen LogP contribution in [0, 0.1) is 0 Å². The number of phosphoric ester groups is 2. The number of aliphatic hydroxyl groups excluding tert-OH is 2. The summed E-state index contributed by atoms with van der Waals surface area (Å²) in [6.07, 6.45) is 74.2. The molecule has 0 aliphatic heterocycles. The zero-order chi connectivity index (χ0) is 66.7. The topological polar surface area (TPSA) is 231 Å². The van der Waals surface area contributed by atoms with Gasteiger partial charge in [0.1, 0.15) is 25.4 Å². The molecule has 0 heterocycles. The molecular weight excluding hydrogens is 1190 g/mol. The molecule has 0 spiro atoms. The van der Waals surface area contributed by atoms with E-state index in [9.17, 15) is 43.5 Å². The molecule has 0 saturated carbocycles. The van der Waals surface area contributed by atoms with Gasteiger partial charge in [0.15, 0.2) is 6.10 Å². The molecule has 0 rings (SSSR count). The molecule has 0 saturated heterocycles. The summed E-state index contributed by atoms with van der Waals surface area (Å²) in [4.78, 5) is 58.4. The second kappa shape index (κ2) is 66.2. The molecule has 0 aromatic carbocycles. The van der Waals surface area contributed by atoms with E-state index in [2.05, 4.69) is 130 Å². The van der Waals surface area contributed by atoms with Crippen LogP contribution in [-0.2, 0) is 55.8 Å². The molecule has 0 fully saturated rings. The van der Waals surface area contributed by atoms with Crippen LogP contribution in [0.1, 0.15) is 278 Å². The summed E-state index contributed by atoms with van der Waals surface area (Å²) in [5.41, 5.74) is 0. The zero-order valence-electron chi connectivity index (χ0n) is 56.7. The highest BCUT2D eigenvalue weighted by atomic mass is 31.2. The average molecular weight is 1320 g/mol. The van der Waals surface area contributed by atoms with E-state index in [1.165, 1.54) is 57.8 Å². The summed E-state index contributed by atoms with van der Waals surface area (Å²) in [5, 5.41) is 20.6. The Balaban J connectivity index is 4.60. The first kappa shape index (κ1) is 87.2. The molecule has 16 nitrogen and oxygen atoms in total. The fourth-order valence-corrected chi connectivity index (χ4v) is 10.7. The Morgan fingerprint density at radius 1 is 0.319 bits per heavy atom. The van der Waals surface area contributed by atoms with E-state index in [0.29, 0.717) is 19.3 Å². The molecule has 0 aromatic heterocycles. The molecule has 91 heavy (non-hydrogen) atoms. The number of ether oxygens (including phenoxy) is 3. The number of aliphatic hydroxyl groups is 2. The van der Waals surface area contributed by atoms with Crippen molar-refractivity contribution in [2.45, 2.75) is 296 Å². The fourth-order valence-electron chi connectivity index (χ4n) is 9.07. The molecule has 0 amide bonds. The van der Waals surface area contributed by atoms with Crippen molar-refractivity contribution in [3.8, 4) is 0 Å². The summed E-state index contributed by atoms with van der Waals surface area (Å²) < 4.78 is 60.9. The molecular formula is C73H126O16P2. The van der Waals surface area contributed by atoms with Crippen LogP contribution in [0.2, 0.25) is 0 Å². The molecule has 5 unspecified atom stereocenters. The summed E-state index contributed by atoms with van der Waals surface area (Å²) in [6.45, 7) is 2.48. The number of hydrogen-bond donors (Lipinski definition) is 4. The predicted molar refractivity (Wildman–Crippen MR) is 371 cm³/mol. The first-order valence-corrected chi connectivity index (χ1v) is 38.2. The number of esters is 3. The van der Waals surface area contributed by atoms with E-state index < -0.39 is 91.5 Å². The van der Waals surface area contributed by atoms with E-state index >= 15 is 0 Å². The summed E-state index contributed by atoms with van der Waals surface area (Å²) >= 11 is 0. The van der Waals surface area contributed by atoms with Gasteiger partial charge in [0.05, 0.1) is 26.4 Å². The Bertz CT molecular complexity index is 2100. The van der Waals surface area contributed by atoms with Gasteiger partial charge >= 0.3 is 33.6 Å². The summed E-state index contributed by atoms with van der Waals surface area (Å²) in [5.74, 6) is -1.61. The second-order valence-electron chi connectivity index (χ2n) is 23.3. The van der Waals surface area contributed by atoms with Gasteiger partial charge < -0.3 is 34.2 Å². The number of allylic oxidation sites excluding steroid dienone is 18. The molecule has 524 valence electrons. The van der Waals surface area contributed by atoms with E-state index in [1.54, 1.807) is 0 Å². The highest BCUT2D eigenvalue weighted by Crippen LogP contribution is 2.45. The maximum Gasteiger partial charge on any atom is 0.472 e. The Morgan fingerprint density at radius 3 is 0.956 bits per heavy atom. The number of phosphoric acid groups is 2. The van der Waals surface area contributed by atoms with Crippen LogP contribution in [0.15, 0.2) is 109 Å². The van der Waals surface area contributed by atoms with Crippen molar-refractivity contribution in [1.29, 1.82) is 0 Å². The molecule has 0 radical (unpaired) electrons. The third-order valence-corrected chi connectivity index (χ3v) is 16.4. The van der Waals surface area contributed by atoms with Gasteiger partial charge in [-0.2, -0.15) is 0 Å². The minimum atomic E-state index is -4.93. The lowest BCUT2D eigenvalue weighted by Gasteiger charge is -2.21. The molecule has 4 N–H and O–H groups in total. The SMILES string of the molecule is CC/C=C\C/C=C\C/C=C\C/C=C\C/C=C\C/C=C\CCCCCCCCC(=O)OCC(O)COP(=O)(O)OCC(O)COP(=O)(O)OCC(COC(=O)CCCCCCC/C=C\C/C=C\CCCCC)OC(=O)CCCCCCC/C=C\CCCCCCCC. The number of carbonyl (C=O) groups excluding carboxylic acids is 3. The molecule has 0 aliphatic rings. The van der Waals surface area contributed by atoms with Crippen molar-refractivity contribution in [3.63, 3.8) is 0 Å². The monoisotopic (exact) mass is 1320 g/mol. The third kappa shape index (κ3) is 67.4. The smallest absolute Gasteiger partial charge is 0.463 e. The summed E-state index contributed by atoms with van der Waals surface area (Å²) in [6, 6.07) is 0. The molecule has 0 bridgehead atoms. The largest absolute Gasteiger partial charge is 0.472 e. The lowest BCUT2D eigenvalue weighted by molar-refractivity contribution is -0.161. The number of hydrogen-bond acceptors (Lipinski definition) is 14. The Kier molecular flexibility index (Phi) is 63.5. The van der Waals surface area contributed by atoms with Gasteiger partial charge in [-0.15, -0.1) is 0 Å². The lowest BCUT2D eigenvalue weighted by Crippen LogP contribution is -2.30. The Hall–Kier alpha value is -3.79. The van der Waals surface area contributed by atoms with E-state index in [4.69, 9.17) is 32.3 Å². The van der Waals surface area contributed by atoms with Gasteiger partial charge in [0.25, 0.3) is 0 Å². The predicted octanol–water partition coefficient (Wildman–Crippen LogP) is 19.6. The van der Waals surface area contributed by atoms with Crippen molar-refractivity contribution in [2.75, 3.05) is 39.6 Å². The zero-order valence-corrected chi connectivity index (χ0v) is 58.5. The average Bonchev–Trinajstić information content (AvgIpc) is 3.08. The minimum Gasteiger partial charge on any atom is -0.463 e. The first-order chi connectivity index (χ1) is 44.2. The van der Waals surface area contributed by atoms with Crippen LogP contribution < -0.4 is 0 Å². The van der Waals surface area contributed by atoms with Crippen LogP contribution in [0.5, 0.6) is 0 Å². The van der Waals surface area contributed by atoms with Crippen molar-refractivity contribution < 1.29 is 75.8 Å². The van der Waals surface area contributed by atoms with Crippen molar-refractivity contribution in [1.82, 2.24) is 0 Å². The van der Waals surface area contributed by atoms with Crippen LogP contribution >= 0.6 is 15.6 Å². The maximum absolute atomic E-state index is 12.9. The normalized spacial score (nSPS) is 14.8. The Morgan fingerprint density at radius 2 is 0.582 bits per heavy atom. The van der Waals surface area contributed by atoms with Crippen LogP contribution in [0.3, 0.4) is 0 Å². The molecule has 0 aliphatic carbocycles. The van der Waals surface area contributed by atoms with Gasteiger partial charge in [0.2, 0.25) is 0 Å². The fraction of sp³-hybridized carbons (Fsp3) is 0.712. The van der Waals surface area contributed by atoms with Gasteiger partial charge in [-0.25, -0.2) is 9.13 Å².